The highest BCUT2D eigenvalue weighted by Crippen LogP contribution is 2.30. The summed E-state index contributed by atoms with van der Waals surface area (Å²) in [7, 11) is 0. The summed E-state index contributed by atoms with van der Waals surface area (Å²) in [4.78, 5) is 13.9. The zero-order valence-corrected chi connectivity index (χ0v) is 11.8. The van der Waals surface area contributed by atoms with E-state index >= 15 is 0 Å². The van der Waals surface area contributed by atoms with Gasteiger partial charge in [-0.1, -0.05) is 39.0 Å². The van der Waals surface area contributed by atoms with Crippen LogP contribution >= 0.6 is 0 Å². The molecule has 1 aliphatic heterocycles. The van der Waals surface area contributed by atoms with E-state index in [9.17, 15) is 4.79 Å². The SMILES string of the molecule is CCCCCCCCN1C(=O)Cc2cc(N)ccc21. The summed E-state index contributed by atoms with van der Waals surface area (Å²) in [6.45, 7) is 3.08. The average molecular weight is 260 g/mol. The highest BCUT2D eigenvalue weighted by molar-refractivity contribution is 6.01. The fraction of sp³-hybridized carbons (Fsp3) is 0.562. The molecule has 1 amide bonds. The van der Waals surface area contributed by atoms with Gasteiger partial charge in [0.25, 0.3) is 0 Å². The largest absolute Gasteiger partial charge is 0.399 e. The fourth-order valence-corrected chi connectivity index (χ4v) is 2.70. The first-order valence-corrected chi connectivity index (χ1v) is 7.41. The first-order chi connectivity index (χ1) is 9.22. The van der Waals surface area contributed by atoms with E-state index in [4.69, 9.17) is 5.73 Å². The fourth-order valence-electron chi connectivity index (χ4n) is 2.70. The van der Waals surface area contributed by atoms with Gasteiger partial charge in [0.15, 0.2) is 0 Å². The molecule has 0 fully saturated rings. The number of unbranched alkanes of at least 4 members (excludes halogenated alkanes) is 5. The van der Waals surface area contributed by atoms with Gasteiger partial charge in [0.05, 0.1) is 6.42 Å². The van der Waals surface area contributed by atoms with E-state index in [1.807, 2.05) is 23.1 Å². The molecule has 0 aromatic heterocycles. The summed E-state index contributed by atoms with van der Waals surface area (Å²) in [6.07, 6.45) is 8.02. The number of rotatable bonds is 7. The van der Waals surface area contributed by atoms with Gasteiger partial charge in [-0.05, 0) is 30.2 Å². The Morgan fingerprint density at radius 2 is 1.89 bits per heavy atom. The van der Waals surface area contributed by atoms with Crippen LogP contribution in [0.5, 0.6) is 0 Å². The van der Waals surface area contributed by atoms with Gasteiger partial charge < -0.3 is 10.6 Å². The van der Waals surface area contributed by atoms with Crippen molar-refractivity contribution in [2.45, 2.75) is 51.9 Å². The molecule has 1 heterocycles. The lowest BCUT2D eigenvalue weighted by atomic mass is 10.1. The Morgan fingerprint density at radius 1 is 1.16 bits per heavy atom. The quantitative estimate of drug-likeness (QED) is 0.602. The van der Waals surface area contributed by atoms with Crippen LogP contribution in [0.1, 0.15) is 51.0 Å². The molecular weight excluding hydrogens is 236 g/mol. The van der Waals surface area contributed by atoms with E-state index in [0.717, 1.165) is 29.9 Å². The van der Waals surface area contributed by atoms with Crippen LogP contribution in [-0.2, 0) is 11.2 Å². The maximum absolute atomic E-state index is 12.0. The normalized spacial score (nSPS) is 13.9. The minimum Gasteiger partial charge on any atom is -0.399 e. The van der Waals surface area contributed by atoms with Gasteiger partial charge in [0.1, 0.15) is 0 Å². The second-order valence-corrected chi connectivity index (χ2v) is 5.38. The lowest BCUT2D eigenvalue weighted by Gasteiger charge is -2.17. The Labute approximate surface area is 115 Å². The average Bonchev–Trinajstić information content (AvgIpc) is 2.69. The molecule has 3 nitrogen and oxygen atoms in total. The Bertz CT molecular complexity index is 442. The first-order valence-electron chi connectivity index (χ1n) is 7.41. The molecule has 1 aromatic rings. The zero-order valence-electron chi connectivity index (χ0n) is 11.8. The zero-order chi connectivity index (χ0) is 13.7. The molecule has 2 rings (SSSR count). The summed E-state index contributed by atoms with van der Waals surface area (Å²) in [5.41, 5.74) is 8.65. The number of nitrogen functional groups attached to an aromatic ring is 1. The molecule has 0 saturated heterocycles. The molecule has 0 aliphatic carbocycles. The summed E-state index contributed by atoms with van der Waals surface area (Å²) < 4.78 is 0. The monoisotopic (exact) mass is 260 g/mol. The van der Waals surface area contributed by atoms with Crippen molar-refractivity contribution < 1.29 is 4.79 Å². The minimum absolute atomic E-state index is 0.217. The van der Waals surface area contributed by atoms with Crippen LogP contribution < -0.4 is 10.6 Å². The van der Waals surface area contributed by atoms with E-state index in [1.54, 1.807) is 0 Å². The van der Waals surface area contributed by atoms with Gasteiger partial charge in [0.2, 0.25) is 5.91 Å². The topological polar surface area (TPSA) is 46.3 Å². The number of hydrogen-bond donors (Lipinski definition) is 1. The van der Waals surface area contributed by atoms with E-state index in [1.165, 1.54) is 32.1 Å². The minimum atomic E-state index is 0.217. The lowest BCUT2D eigenvalue weighted by molar-refractivity contribution is -0.117. The number of nitrogens with two attached hydrogens (primary N) is 1. The first kappa shape index (κ1) is 13.9. The van der Waals surface area contributed by atoms with Crippen LogP contribution in [0.3, 0.4) is 0 Å². The van der Waals surface area contributed by atoms with Crippen molar-refractivity contribution in [3.63, 3.8) is 0 Å². The van der Waals surface area contributed by atoms with Crippen molar-refractivity contribution in [2.24, 2.45) is 0 Å². The summed E-state index contributed by atoms with van der Waals surface area (Å²) in [5, 5.41) is 0. The smallest absolute Gasteiger partial charge is 0.231 e. The van der Waals surface area contributed by atoms with Crippen molar-refractivity contribution in [3.05, 3.63) is 23.8 Å². The molecule has 0 atom stereocenters. The van der Waals surface area contributed by atoms with Gasteiger partial charge >= 0.3 is 0 Å². The van der Waals surface area contributed by atoms with E-state index in [0.29, 0.717) is 6.42 Å². The van der Waals surface area contributed by atoms with Crippen molar-refractivity contribution in [3.8, 4) is 0 Å². The van der Waals surface area contributed by atoms with Crippen molar-refractivity contribution in [2.75, 3.05) is 17.2 Å². The number of benzene rings is 1. The molecule has 3 heteroatoms. The molecular formula is C16H24N2O. The highest BCUT2D eigenvalue weighted by atomic mass is 16.2. The van der Waals surface area contributed by atoms with Crippen molar-refractivity contribution >= 4 is 17.3 Å². The standard InChI is InChI=1S/C16H24N2O/c1-2-3-4-5-6-7-10-18-15-9-8-14(17)11-13(15)12-16(18)19/h8-9,11H,2-7,10,12,17H2,1H3. The Hall–Kier alpha value is -1.51. The molecule has 0 bridgehead atoms. The third kappa shape index (κ3) is 3.49. The van der Waals surface area contributed by atoms with Gasteiger partial charge in [-0.25, -0.2) is 0 Å². The summed E-state index contributed by atoms with van der Waals surface area (Å²) >= 11 is 0. The summed E-state index contributed by atoms with van der Waals surface area (Å²) in [5.74, 6) is 0.217. The van der Waals surface area contributed by atoms with Gasteiger partial charge in [-0.3, -0.25) is 4.79 Å². The number of carbonyl (C=O) groups excluding carboxylic acids is 1. The number of nitrogens with zero attached hydrogens (tertiary/aromatic N) is 1. The maximum Gasteiger partial charge on any atom is 0.231 e. The van der Waals surface area contributed by atoms with Gasteiger partial charge in [-0.15, -0.1) is 0 Å². The van der Waals surface area contributed by atoms with Crippen LogP contribution in [0.4, 0.5) is 11.4 Å². The summed E-state index contributed by atoms with van der Waals surface area (Å²) in [6, 6.07) is 5.78. The predicted octanol–water partition coefficient (Wildman–Crippen LogP) is 3.52. The molecule has 2 N–H and O–H groups in total. The second-order valence-electron chi connectivity index (χ2n) is 5.38. The van der Waals surface area contributed by atoms with Crippen LogP contribution in [0.25, 0.3) is 0 Å². The molecule has 104 valence electrons. The third-order valence-electron chi connectivity index (χ3n) is 3.77. The lowest BCUT2D eigenvalue weighted by Crippen LogP contribution is -2.27. The van der Waals surface area contributed by atoms with E-state index in [-0.39, 0.29) is 5.91 Å². The molecule has 0 radical (unpaired) electrons. The van der Waals surface area contributed by atoms with E-state index in [2.05, 4.69) is 6.92 Å². The van der Waals surface area contributed by atoms with Crippen LogP contribution in [0, 0.1) is 0 Å². The van der Waals surface area contributed by atoms with Crippen LogP contribution in [0.15, 0.2) is 18.2 Å². The van der Waals surface area contributed by atoms with E-state index < -0.39 is 0 Å². The van der Waals surface area contributed by atoms with Crippen LogP contribution in [0.2, 0.25) is 0 Å². The van der Waals surface area contributed by atoms with Crippen molar-refractivity contribution in [1.82, 2.24) is 0 Å². The Morgan fingerprint density at radius 3 is 2.68 bits per heavy atom. The molecule has 0 unspecified atom stereocenters. The maximum atomic E-state index is 12.0. The predicted molar refractivity (Wildman–Crippen MR) is 80.3 cm³/mol. The molecule has 1 aliphatic rings. The number of amides is 1. The van der Waals surface area contributed by atoms with Crippen molar-refractivity contribution in [1.29, 1.82) is 0 Å². The van der Waals surface area contributed by atoms with Gasteiger partial charge in [0, 0.05) is 17.9 Å². The van der Waals surface area contributed by atoms with Gasteiger partial charge in [-0.2, -0.15) is 0 Å². The second kappa shape index (κ2) is 6.60. The number of anilines is 2. The Kier molecular flexibility index (Phi) is 4.83. The Balaban J connectivity index is 1.83. The molecule has 0 spiro atoms. The number of hydrogen-bond acceptors (Lipinski definition) is 2. The number of carbonyl (C=O) groups is 1. The molecule has 0 saturated carbocycles. The highest BCUT2D eigenvalue weighted by Gasteiger charge is 2.26. The third-order valence-corrected chi connectivity index (χ3v) is 3.77. The molecule has 19 heavy (non-hydrogen) atoms. The van der Waals surface area contributed by atoms with Crippen LogP contribution in [-0.4, -0.2) is 12.5 Å². The number of fused-ring (bicyclic) bond motifs is 1. The molecule has 1 aromatic carbocycles.